The number of benzene rings is 2. The molecule has 28 heavy (non-hydrogen) atoms. The van der Waals surface area contributed by atoms with E-state index in [1.807, 2.05) is 31.4 Å². The van der Waals surface area contributed by atoms with Gasteiger partial charge in [-0.25, -0.2) is 0 Å². The monoisotopic (exact) mass is 379 g/mol. The van der Waals surface area contributed by atoms with Crippen molar-refractivity contribution >= 4 is 16.9 Å². The number of carbonyl (C=O) groups is 1. The van der Waals surface area contributed by atoms with E-state index in [0.29, 0.717) is 13.2 Å². The van der Waals surface area contributed by atoms with Crippen LogP contribution in [0.25, 0.3) is 10.9 Å². The van der Waals surface area contributed by atoms with Crippen molar-refractivity contribution in [3.05, 3.63) is 59.8 Å². The van der Waals surface area contributed by atoms with Crippen LogP contribution in [0.3, 0.4) is 0 Å². The molecule has 0 unspecified atom stereocenters. The van der Waals surface area contributed by atoms with Crippen LogP contribution in [0.1, 0.15) is 36.3 Å². The highest BCUT2D eigenvalue weighted by molar-refractivity contribution is 5.81. The van der Waals surface area contributed by atoms with Crippen LogP contribution in [-0.4, -0.2) is 28.9 Å². The number of hydrogen-bond donors (Lipinski definition) is 1. The van der Waals surface area contributed by atoms with E-state index in [0.717, 1.165) is 36.3 Å². The summed E-state index contributed by atoms with van der Waals surface area (Å²) in [5.74, 6) is 1.13. The molecule has 1 aromatic heterocycles. The van der Waals surface area contributed by atoms with E-state index >= 15 is 0 Å². The molecule has 0 saturated carbocycles. The molecular formula is C23H25NO4. The number of fused-ring (bicyclic) bond motifs is 2. The molecule has 1 heterocycles. The number of aryl methyl sites for hydroxylation is 2. The van der Waals surface area contributed by atoms with E-state index in [-0.39, 0.29) is 12.3 Å². The fourth-order valence-electron chi connectivity index (χ4n) is 3.98. The third-order valence-corrected chi connectivity index (χ3v) is 5.42. The molecule has 5 nitrogen and oxygen atoms in total. The van der Waals surface area contributed by atoms with Crippen molar-refractivity contribution in [2.24, 2.45) is 7.05 Å². The van der Waals surface area contributed by atoms with Crippen molar-refractivity contribution < 1.29 is 19.4 Å². The lowest BCUT2D eigenvalue weighted by molar-refractivity contribution is -0.137. The maximum Gasteiger partial charge on any atom is 0.303 e. The number of aliphatic carboxylic acids is 1. The first kappa shape index (κ1) is 18.4. The van der Waals surface area contributed by atoms with Crippen molar-refractivity contribution in [2.45, 2.75) is 31.6 Å². The minimum absolute atomic E-state index is 0.136. The molecule has 3 aromatic rings. The maximum absolute atomic E-state index is 11.0. The SMILES string of the molecule is Cn1ccc2cc(OCCCOc3ccc4c(c3)CC[C@H]4CC(=O)O)ccc21. The molecule has 0 bridgehead atoms. The van der Waals surface area contributed by atoms with Gasteiger partial charge in [-0.1, -0.05) is 6.07 Å². The standard InChI is InChI=1S/C23H25NO4/c1-24-10-9-18-14-20(6-8-22(18)24)28-12-2-11-27-19-5-7-21-16(13-19)3-4-17(21)15-23(25)26/h5-10,13-14,17H,2-4,11-12,15H2,1H3,(H,25,26)/t17-/m0/s1. The number of ether oxygens (including phenoxy) is 2. The highest BCUT2D eigenvalue weighted by atomic mass is 16.5. The van der Waals surface area contributed by atoms with E-state index in [1.165, 1.54) is 16.5 Å². The summed E-state index contributed by atoms with van der Waals surface area (Å²) in [6, 6.07) is 14.2. The van der Waals surface area contributed by atoms with E-state index in [9.17, 15) is 4.79 Å². The highest BCUT2D eigenvalue weighted by Gasteiger charge is 2.24. The summed E-state index contributed by atoms with van der Waals surface area (Å²) >= 11 is 0. The Morgan fingerprint density at radius 3 is 2.64 bits per heavy atom. The molecule has 1 atom stereocenters. The van der Waals surface area contributed by atoms with Crippen molar-refractivity contribution in [3.8, 4) is 11.5 Å². The first-order chi connectivity index (χ1) is 13.6. The van der Waals surface area contributed by atoms with Gasteiger partial charge in [-0.3, -0.25) is 4.79 Å². The zero-order chi connectivity index (χ0) is 19.5. The van der Waals surface area contributed by atoms with Gasteiger partial charge in [0.15, 0.2) is 0 Å². The fourth-order valence-corrected chi connectivity index (χ4v) is 3.98. The van der Waals surface area contributed by atoms with Crippen molar-refractivity contribution in [3.63, 3.8) is 0 Å². The Hall–Kier alpha value is -2.95. The topological polar surface area (TPSA) is 60.7 Å². The molecule has 2 aromatic carbocycles. The van der Waals surface area contributed by atoms with E-state index < -0.39 is 5.97 Å². The summed E-state index contributed by atoms with van der Waals surface area (Å²) in [6.07, 6.45) is 4.88. The fraction of sp³-hybridized carbons (Fsp3) is 0.348. The number of carboxylic acids is 1. The van der Waals surface area contributed by atoms with E-state index in [1.54, 1.807) is 0 Å². The zero-order valence-corrected chi connectivity index (χ0v) is 16.1. The van der Waals surface area contributed by atoms with Gasteiger partial charge < -0.3 is 19.1 Å². The van der Waals surface area contributed by atoms with Crippen molar-refractivity contribution in [1.82, 2.24) is 4.57 Å². The summed E-state index contributed by atoms with van der Waals surface area (Å²) < 4.78 is 13.8. The Balaban J connectivity index is 1.24. The Morgan fingerprint density at radius 2 is 1.86 bits per heavy atom. The van der Waals surface area contributed by atoms with Gasteiger partial charge in [0.05, 0.1) is 19.6 Å². The zero-order valence-electron chi connectivity index (χ0n) is 16.1. The molecular weight excluding hydrogens is 354 g/mol. The Kier molecular flexibility index (Phi) is 5.24. The molecule has 146 valence electrons. The smallest absolute Gasteiger partial charge is 0.303 e. The third-order valence-electron chi connectivity index (χ3n) is 5.42. The molecule has 0 radical (unpaired) electrons. The van der Waals surface area contributed by atoms with Gasteiger partial charge in [0.1, 0.15) is 11.5 Å². The molecule has 1 aliphatic carbocycles. The predicted octanol–water partition coefficient (Wildman–Crippen LogP) is 4.53. The average Bonchev–Trinajstić information content (AvgIpc) is 3.24. The Bertz CT molecular complexity index is 991. The van der Waals surface area contributed by atoms with Gasteiger partial charge in [0.2, 0.25) is 0 Å². The number of hydrogen-bond acceptors (Lipinski definition) is 3. The number of aromatic nitrogens is 1. The normalized spacial score (nSPS) is 15.5. The third kappa shape index (κ3) is 3.98. The van der Waals surface area contributed by atoms with Crippen LogP contribution >= 0.6 is 0 Å². The minimum atomic E-state index is -0.732. The molecule has 0 saturated heterocycles. The minimum Gasteiger partial charge on any atom is -0.493 e. The predicted molar refractivity (Wildman–Crippen MR) is 108 cm³/mol. The molecule has 1 N–H and O–H groups in total. The molecule has 5 heteroatoms. The van der Waals surface area contributed by atoms with Gasteiger partial charge >= 0.3 is 5.97 Å². The molecule has 4 rings (SSSR count). The van der Waals surface area contributed by atoms with Crippen LogP contribution in [0.15, 0.2) is 48.7 Å². The Labute approximate surface area is 164 Å². The molecule has 0 amide bonds. The van der Waals surface area contributed by atoms with Gasteiger partial charge in [0.25, 0.3) is 0 Å². The number of nitrogens with zero attached hydrogens (tertiary/aromatic N) is 1. The van der Waals surface area contributed by atoms with Crippen LogP contribution in [0.4, 0.5) is 0 Å². The quantitative estimate of drug-likeness (QED) is 0.584. The van der Waals surface area contributed by atoms with E-state index in [2.05, 4.69) is 28.8 Å². The number of carboxylic acid groups (broad SMARTS) is 1. The van der Waals surface area contributed by atoms with Gasteiger partial charge in [-0.05, 0) is 66.3 Å². The summed E-state index contributed by atoms with van der Waals surface area (Å²) in [5, 5.41) is 10.2. The lowest BCUT2D eigenvalue weighted by Gasteiger charge is -2.11. The van der Waals surface area contributed by atoms with Crippen LogP contribution in [0.2, 0.25) is 0 Å². The highest BCUT2D eigenvalue weighted by Crippen LogP contribution is 2.37. The first-order valence-electron chi connectivity index (χ1n) is 9.75. The van der Waals surface area contributed by atoms with Gasteiger partial charge in [-0.2, -0.15) is 0 Å². The second-order valence-electron chi connectivity index (χ2n) is 7.39. The largest absolute Gasteiger partial charge is 0.493 e. The van der Waals surface area contributed by atoms with Crippen molar-refractivity contribution in [2.75, 3.05) is 13.2 Å². The second-order valence-corrected chi connectivity index (χ2v) is 7.39. The molecule has 1 aliphatic rings. The summed E-state index contributed by atoms with van der Waals surface area (Å²) in [4.78, 5) is 11.0. The van der Waals surface area contributed by atoms with Crippen LogP contribution in [0.5, 0.6) is 11.5 Å². The molecule has 0 aliphatic heterocycles. The van der Waals surface area contributed by atoms with E-state index in [4.69, 9.17) is 14.6 Å². The van der Waals surface area contributed by atoms with Gasteiger partial charge in [0, 0.05) is 30.6 Å². The van der Waals surface area contributed by atoms with Crippen LogP contribution < -0.4 is 9.47 Å². The Morgan fingerprint density at radius 1 is 1.11 bits per heavy atom. The van der Waals surface area contributed by atoms with Crippen molar-refractivity contribution in [1.29, 1.82) is 0 Å². The lowest BCUT2D eigenvalue weighted by Crippen LogP contribution is -2.05. The maximum atomic E-state index is 11.0. The molecule has 0 fully saturated rings. The molecule has 0 spiro atoms. The first-order valence-corrected chi connectivity index (χ1v) is 9.75. The lowest BCUT2D eigenvalue weighted by atomic mass is 9.98. The summed E-state index contributed by atoms with van der Waals surface area (Å²) in [5.41, 5.74) is 3.57. The van der Waals surface area contributed by atoms with Crippen LogP contribution in [0, 0.1) is 0 Å². The second kappa shape index (κ2) is 7.97. The summed E-state index contributed by atoms with van der Waals surface area (Å²) in [6.45, 7) is 1.19. The number of rotatable bonds is 8. The summed E-state index contributed by atoms with van der Waals surface area (Å²) in [7, 11) is 2.03. The van der Waals surface area contributed by atoms with Gasteiger partial charge in [-0.15, -0.1) is 0 Å². The average molecular weight is 379 g/mol. The van der Waals surface area contributed by atoms with Crippen LogP contribution in [-0.2, 0) is 18.3 Å².